The van der Waals surface area contributed by atoms with Gasteiger partial charge in [0.15, 0.2) is 5.82 Å². The van der Waals surface area contributed by atoms with E-state index in [9.17, 15) is 0 Å². The molecule has 2 aromatic rings. The van der Waals surface area contributed by atoms with E-state index >= 15 is 0 Å². The van der Waals surface area contributed by atoms with E-state index in [4.69, 9.17) is 21.2 Å². The number of fused-ring (bicyclic) bond motifs is 1. The number of imidazole rings is 1. The van der Waals surface area contributed by atoms with Crippen LogP contribution in [0.5, 0.6) is 5.88 Å². The van der Waals surface area contributed by atoms with Gasteiger partial charge in [-0.15, -0.1) is 10.2 Å². The number of nitrogen functional groups attached to an aromatic ring is 1. The molecular weight excluding hydrogens is 340 g/mol. The molecule has 0 aromatic carbocycles. The highest BCUT2D eigenvalue weighted by Gasteiger charge is 2.25. The van der Waals surface area contributed by atoms with Gasteiger partial charge >= 0.3 is 0 Å². The van der Waals surface area contributed by atoms with E-state index in [1.807, 2.05) is 13.8 Å². The zero-order chi connectivity index (χ0) is 19.4. The maximum Gasteiger partial charge on any atom is 0.260 e. The molecule has 0 saturated heterocycles. The molecule has 0 bridgehead atoms. The summed E-state index contributed by atoms with van der Waals surface area (Å²) in [5.74, 6) is 3.31. The Kier molecular flexibility index (Phi) is 6.52. The second-order valence-corrected chi connectivity index (χ2v) is 8.12. The molecule has 0 unspecified atom stereocenters. The molecule has 1 aliphatic rings. The van der Waals surface area contributed by atoms with Gasteiger partial charge in [0.25, 0.3) is 5.88 Å². The summed E-state index contributed by atoms with van der Waals surface area (Å²) in [6, 6.07) is 0. The van der Waals surface area contributed by atoms with Crippen molar-refractivity contribution in [2.24, 2.45) is 17.6 Å². The molecule has 7 heteroatoms. The van der Waals surface area contributed by atoms with Crippen LogP contribution in [-0.2, 0) is 13.0 Å². The number of hydrogen-bond donors (Lipinski definition) is 2. The van der Waals surface area contributed by atoms with Gasteiger partial charge in [-0.3, -0.25) is 0 Å². The molecule has 2 aromatic heterocycles. The van der Waals surface area contributed by atoms with Crippen LogP contribution in [0.3, 0.4) is 0 Å². The normalized spacial score (nSPS) is 20.5. The Hall–Kier alpha value is -1.89. The zero-order valence-electron chi connectivity index (χ0n) is 16.9. The minimum absolute atomic E-state index is 0.0218. The predicted molar refractivity (Wildman–Crippen MR) is 109 cm³/mol. The minimum atomic E-state index is 0.0218. The highest BCUT2D eigenvalue weighted by atomic mass is 16.5. The van der Waals surface area contributed by atoms with Crippen molar-refractivity contribution in [2.75, 3.05) is 12.3 Å². The SMILES string of the molecule is CCCCc1nc2c(N)nnc(OC(C)C)c2n1C[C@H]1CC[C@H](CN)CC1. The standard InChI is InChI=1S/C20H34N6O/c1-4-5-6-16-23-17-18(20(27-13(2)3)25-24-19(17)22)26(16)12-15-9-7-14(11-21)8-10-15/h13-15H,4-12,21H2,1-3H3,(H2,22,24)/t14-,15-. The van der Waals surface area contributed by atoms with Crippen molar-refractivity contribution < 1.29 is 4.74 Å². The molecule has 1 aliphatic carbocycles. The molecule has 27 heavy (non-hydrogen) atoms. The number of ether oxygens (including phenoxy) is 1. The first kappa shape index (κ1) is 19.9. The van der Waals surface area contributed by atoms with Gasteiger partial charge in [0.1, 0.15) is 16.9 Å². The molecule has 150 valence electrons. The molecule has 0 radical (unpaired) electrons. The lowest BCUT2D eigenvalue weighted by Gasteiger charge is -2.28. The van der Waals surface area contributed by atoms with Gasteiger partial charge in [-0.1, -0.05) is 13.3 Å². The molecule has 0 aliphatic heterocycles. The van der Waals surface area contributed by atoms with Crippen LogP contribution in [-0.4, -0.2) is 32.4 Å². The number of nitrogens with zero attached hydrogens (tertiary/aromatic N) is 4. The maximum atomic E-state index is 6.12. The number of aryl methyl sites for hydroxylation is 1. The first-order valence-corrected chi connectivity index (χ1v) is 10.4. The largest absolute Gasteiger partial charge is 0.472 e. The Bertz CT molecular complexity index is 749. The van der Waals surface area contributed by atoms with Crippen LogP contribution < -0.4 is 16.2 Å². The third kappa shape index (κ3) is 4.51. The van der Waals surface area contributed by atoms with Gasteiger partial charge in [0.2, 0.25) is 0 Å². The van der Waals surface area contributed by atoms with Crippen molar-refractivity contribution in [3.8, 4) is 5.88 Å². The molecule has 1 fully saturated rings. The number of anilines is 1. The molecule has 0 amide bonds. The summed E-state index contributed by atoms with van der Waals surface area (Å²) in [5, 5.41) is 8.32. The van der Waals surface area contributed by atoms with Crippen molar-refractivity contribution in [2.45, 2.75) is 78.4 Å². The highest BCUT2D eigenvalue weighted by molar-refractivity contribution is 5.88. The number of nitrogens with two attached hydrogens (primary N) is 2. The number of aromatic nitrogens is 4. The minimum Gasteiger partial charge on any atom is -0.472 e. The first-order chi connectivity index (χ1) is 13.0. The maximum absolute atomic E-state index is 6.12. The number of hydrogen-bond acceptors (Lipinski definition) is 6. The van der Waals surface area contributed by atoms with E-state index in [2.05, 4.69) is 21.7 Å². The molecule has 0 spiro atoms. The van der Waals surface area contributed by atoms with Crippen LogP contribution in [0, 0.1) is 11.8 Å². The van der Waals surface area contributed by atoms with Crippen LogP contribution in [0.1, 0.15) is 65.1 Å². The Labute approximate surface area is 161 Å². The van der Waals surface area contributed by atoms with E-state index in [1.54, 1.807) is 0 Å². The van der Waals surface area contributed by atoms with E-state index in [0.717, 1.165) is 49.2 Å². The fraction of sp³-hybridized carbons (Fsp3) is 0.750. The van der Waals surface area contributed by atoms with Gasteiger partial charge in [-0.05, 0) is 64.3 Å². The number of unbranched alkanes of at least 4 members (excludes halogenated alkanes) is 1. The Morgan fingerprint density at radius 1 is 1.15 bits per heavy atom. The average molecular weight is 375 g/mol. The van der Waals surface area contributed by atoms with E-state index < -0.39 is 0 Å². The average Bonchev–Trinajstić information content (AvgIpc) is 3.02. The second kappa shape index (κ2) is 8.87. The van der Waals surface area contributed by atoms with Crippen LogP contribution in [0.2, 0.25) is 0 Å². The van der Waals surface area contributed by atoms with Crippen molar-refractivity contribution in [3.05, 3.63) is 5.82 Å². The quantitative estimate of drug-likeness (QED) is 0.734. The third-order valence-electron chi connectivity index (χ3n) is 5.58. The van der Waals surface area contributed by atoms with Gasteiger partial charge < -0.3 is 20.8 Å². The Morgan fingerprint density at radius 2 is 1.85 bits per heavy atom. The fourth-order valence-electron chi connectivity index (χ4n) is 4.02. The van der Waals surface area contributed by atoms with Crippen LogP contribution >= 0.6 is 0 Å². The van der Waals surface area contributed by atoms with Gasteiger partial charge in [-0.25, -0.2) is 4.98 Å². The van der Waals surface area contributed by atoms with Crippen molar-refractivity contribution in [1.82, 2.24) is 19.7 Å². The lowest BCUT2D eigenvalue weighted by molar-refractivity contribution is 0.230. The topological polar surface area (TPSA) is 105 Å². The number of rotatable bonds is 8. The van der Waals surface area contributed by atoms with Crippen LogP contribution in [0.4, 0.5) is 5.82 Å². The smallest absolute Gasteiger partial charge is 0.260 e. The van der Waals surface area contributed by atoms with Gasteiger partial charge in [-0.2, -0.15) is 0 Å². The van der Waals surface area contributed by atoms with Crippen LogP contribution in [0.15, 0.2) is 0 Å². The van der Waals surface area contributed by atoms with E-state index in [1.165, 1.54) is 25.7 Å². The zero-order valence-corrected chi connectivity index (χ0v) is 16.9. The lowest BCUT2D eigenvalue weighted by Crippen LogP contribution is -2.24. The first-order valence-electron chi connectivity index (χ1n) is 10.4. The molecular formula is C20H34N6O. The molecule has 3 rings (SSSR count). The third-order valence-corrected chi connectivity index (χ3v) is 5.58. The molecule has 4 N–H and O–H groups in total. The predicted octanol–water partition coefficient (Wildman–Crippen LogP) is 3.30. The molecule has 2 heterocycles. The van der Waals surface area contributed by atoms with Crippen molar-refractivity contribution >= 4 is 16.9 Å². The molecule has 7 nitrogen and oxygen atoms in total. The second-order valence-electron chi connectivity index (χ2n) is 8.12. The highest BCUT2D eigenvalue weighted by Crippen LogP contribution is 2.33. The van der Waals surface area contributed by atoms with Gasteiger partial charge in [0, 0.05) is 13.0 Å². The summed E-state index contributed by atoms with van der Waals surface area (Å²) in [6.07, 6.45) is 8.05. The molecule has 0 atom stereocenters. The Balaban J connectivity index is 1.97. The summed E-state index contributed by atoms with van der Waals surface area (Å²) >= 11 is 0. The van der Waals surface area contributed by atoms with E-state index in [0.29, 0.717) is 23.5 Å². The summed E-state index contributed by atoms with van der Waals surface area (Å²) in [5.41, 5.74) is 13.6. The monoisotopic (exact) mass is 374 g/mol. The summed E-state index contributed by atoms with van der Waals surface area (Å²) in [6.45, 7) is 7.94. The van der Waals surface area contributed by atoms with Crippen LogP contribution in [0.25, 0.3) is 11.0 Å². The summed E-state index contributed by atoms with van der Waals surface area (Å²) in [4.78, 5) is 4.85. The van der Waals surface area contributed by atoms with Crippen molar-refractivity contribution in [3.63, 3.8) is 0 Å². The summed E-state index contributed by atoms with van der Waals surface area (Å²) < 4.78 is 8.26. The van der Waals surface area contributed by atoms with Gasteiger partial charge in [0.05, 0.1) is 6.10 Å². The fourth-order valence-corrected chi connectivity index (χ4v) is 4.02. The van der Waals surface area contributed by atoms with E-state index in [-0.39, 0.29) is 6.10 Å². The summed E-state index contributed by atoms with van der Waals surface area (Å²) in [7, 11) is 0. The Morgan fingerprint density at radius 3 is 2.48 bits per heavy atom. The molecule has 1 saturated carbocycles. The lowest BCUT2D eigenvalue weighted by atomic mass is 9.82. The van der Waals surface area contributed by atoms with Crippen molar-refractivity contribution in [1.29, 1.82) is 0 Å².